The Morgan fingerprint density at radius 2 is 1.74 bits per heavy atom. The minimum atomic E-state index is -3.35. The molecule has 0 bridgehead atoms. The number of aliphatic hydroxyl groups is 1. The molecule has 0 aliphatic carbocycles. The summed E-state index contributed by atoms with van der Waals surface area (Å²) in [6, 6.07) is 23.5. The molecule has 13 heteroatoms. The zero-order chi connectivity index (χ0) is 32.7. The number of carbonyl (C=O) groups excluding carboxylic acids is 1. The first-order valence-electron chi connectivity index (χ1n) is 14.8. The molecular formula is C33H37FN6O5S. The maximum atomic E-state index is 14.3. The monoisotopic (exact) mass is 648 g/mol. The van der Waals surface area contributed by atoms with Gasteiger partial charge in [-0.25, -0.2) is 22.6 Å². The number of pyridine rings is 1. The first-order chi connectivity index (χ1) is 22.1. The van der Waals surface area contributed by atoms with Crippen LogP contribution in [0.3, 0.4) is 0 Å². The summed E-state index contributed by atoms with van der Waals surface area (Å²) in [6.45, 7) is 2.22. The number of amides is 2. The minimum Gasteiger partial charge on any atom is -0.439 e. The number of hydrogen-bond acceptors (Lipinski definition) is 8. The Morgan fingerprint density at radius 3 is 2.37 bits per heavy atom. The summed E-state index contributed by atoms with van der Waals surface area (Å²) >= 11 is 0. The van der Waals surface area contributed by atoms with Crippen molar-refractivity contribution < 1.29 is 27.4 Å². The van der Waals surface area contributed by atoms with Gasteiger partial charge in [-0.2, -0.15) is 0 Å². The molecule has 0 spiro atoms. The molecule has 0 radical (unpaired) electrons. The lowest BCUT2D eigenvalue weighted by atomic mass is 10.0. The summed E-state index contributed by atoms with van der Waals surface area (Å²) in [5.41, 5.74) is 2.66. The highest BCUT2D eigenvalue weighted by molar-refractivity contribution is 7.92. The molecule has 46 heavy (non-hydrogen) atoms. The molecule has 2 amide bonds. The number of aliphatic hydroxyl groups excluding tert-OH is 1. The van der Waals surface area contributed by atoms with Gasteiger partial charge in [0.2, 0.25) is 15.9 Å². The number of benzene rings is 3. The lowest BCUT2D eigenvalue weighted by molar-refractivity contribution is 0.145. The smallest absolute Gasteiger partial charge is 0.326 e. The highest BCUT2D eigenvalue weighted by atomic mass is 32.2. The number of sulfonamides is 1. The number of urea groups is 1. The summed E-state index contributed by atoms with van der Waals surface area (Å²) in [5, 5.41) is 15.6. The number of carbonyl (C=O) groups is 1. The third-order valence-corrected chi connectivity index (χ3v) is 8.18. The van der Waals surface area contributed by atoms with Gasteiger partial charge in [0, 0.05) is 60.6 Å². The lowest BCUT2D eigenvalue weighted by Crippen LogP contribution is -2.49. The van der Waals surface area contributed by atoms with Crippen LogP contribution in [0.15, 0.2) is 91.1 Å². The second-order valence-corrected chi connectivity index (χ2v) is 12.8. The van der Waals surface area contributed by atoms with E-state index in [1.807, 2.05) is 36.4 Å². The number of hydrogen-bond donors (Lipinski definition) is 4. The Morgan fingerprint density at radius 1 is 1.04 bits per heavy atom. The molecule has 1 aromatic heterocycles. The maximum Gasteiger partial charge on any atom is 0.326 e. The van der Waals surface area contributed by atoms with E-state index < -0.39 is 22.1 Å². The number of anilines is 3. The van der Waals surface area contributed by atoms with Gasteiger partial charge in [-0.1, -0.05) is 24.3 Å². The van der Waals surface area contributed by atoms with Gasteiger partial charge in [0.1, 0.15) is 17.8 Å². The van der Waals surface area contributed by atoms with Crippen LogP contribution in [0.5, 0.6) is 11.6 Å². The largest absolute Gasteiger partial charge is 0.439 e. The van der Waals surface area contributed by atoms with Crippen LogP contribution in [0.25, 0.3) is 0 Å². The Bertz CT molecular complexity index is 1720. The molecule has 2 heterocycles. The molecule has 4 N–H and O–H groups in total. The highest BCUT2D eigenvalue weighted by Crippen LogP contribution is 2.27. The number of likely N-dealkylation sites (tertiary alicyclic amines) is 1. The number of rotatable bonds is 11. The van der Waals surface area contributed by atoms with Crippen molar-refractivity contribution in [3.8, 4) is 11.6 Å². The van der Waals surface area contributed by atoms with Crippen molar-refractivity contribution in [1.29, 1.82) is 0 Å². The van der Waals surface area contributed by atoms with Crippen molar-refractivity contribution in [2.24, 2.45) is 0 Å². The van der Waals surface area contributed by atoms with Crippen LogP contribution in [-0.4, -0.2) is 61.9 Å². The summed E-state index contributed by atoms with van der Waals surface area (Å²) in [7, 11) is -1.84. The van der Waals surface area contributed by atoms with Gasteiger partial charge < -0.3 is 15.2 Å². The van der Waals surface area contributed by atoms with Gasteiger partial charge >= 0.3 is 6.03 Å². The Balaban J connectivity index is 1.18. The van der Waals surface area contributed by atoms with E-state index in [1.165, 1.54) is 25.2 Å². The average molecular weight is 649 g/mol. The fourth-order valence-corrected chi connectivity index (χ4v) is 5.90. The minimum absolute atomic E-state index is 0.0482. The third-order valence-electron chi connectivity index (χ3n) is 7.57. The van der Waals surface area contributed by atoms with Gasteiger partial charge in [-0.3, -0.25) is 19.8 Å². The van der Waals surface area contributed by atoms with Crippen LogP contribution in [0.4, 0.5) is 26.2 Å². The number of aromatic nitrogens is 1. The normalized spacial score (nSPS) is 14.8. The number of halogens is 1. The fourth-order valence-electron chi connectivity index (χ4n) is 5.34. The molecule has 4 aromatic rings. The Hall–Kier alpha value is -4.56. The summed E-state index contributed by atoms with van der Waals surface area (Å²) in [5.74, 6) is 0.383. The summed E-state index contributed by atoms with van der Waals surface area (Å²) < 4.78 is 45.3. The second-order valence-electron chi connectivity index (χ2n) is 11.1. The summed E-state index contributed by atoms with van der Waals surface area (Å²) in [4.78, 5) is 22.1. The molecule has 1 fully saturated rings. The van der Waals surface area contributed by atoms with Gasteiger partial charge in [-0.15, -0.1) is 0 Å². The van der Waals surface area contributed by atoms with E-state index in [-0.39, 0.29) is 17.6 Å². The molecule has 3 aromatic carbocycles. The fraction of sp³-hybridized carbons (Fsp3) is 0.273. The molecule has 1 aliphatic rings. The summed E-state index contributed by atoms with van der Waals surface area (Å²) in [6.07, 6.45) is 3.15. The predicted molar refractivity (Wildman–Crippen MR) is 176 cm³/mol. The quantitative estimate of drug-likeness (QED) is 0.161. The zero-order valence-corrected chi connectivity index (χ0v) is 26.4. The molecule has 1 unspecified atom stereocenters. The number of nitrogens with one attached hydrogen (secondary N) is 3. The molecule has 0 saturated carbocycles. The predicted octanol–water partition coefficient (Wildman–Crippen LogP) is 5.30. The molecule has 242 valence electrons. The molecule has 11 nitrogen and oxygen atoms in total. The third kappa shape index (κ3) is 8.79. The number of nitrogens with zero attached hydrogens (tertiary/aromatic N) is 3. The molecular weight excluding hydrogens is 611 g/mol. The second kappa shape index (κ2) is 14.7. The standard InChI is InChI=1S/C33H37FN6O5S/c1-35-32(41)29-20-25(11-14-30(29)34)37-33(42)40(26-6-4-3-5-7-26)27-16-18-39(19-17-27)22-23-8-15-31(36-21-23)45-28-12-9-24(10-13-28)38-46(2,43)44/h3-15,20-21,27,32,35,38,41H,16-19,22H2,1-2H3,(H,37,42). The van der Waals surface area contributed by atoms with E-state index in [9.17, 15) is 22.7 Å². The first kappa shape index (κ1) is 32.8. The Labute approximate surface area is 268 Å². The van der Waals surface area contributed by atoms with Crippen molar-refractivity contribution in [3.63, 3.8) is 0 Å². The first-order valence-corrected chi connectivity index (χ1v) is 16.7. The van der Waals surface area contributed by atoms with E-state index in [0.717, 1.165) is 43.4 Å². The van der Waals surface area contributed by atoms with Crippen molar-refractivity contribution in [1.82, 2.24) is 15.2 Å². The number of ether oxygens (including phenoxy) is 1. The molecule has 1 aliphatic heterocycles. The zero-order valence-electron chi connectivity index (χ0n) is 25.6. The van der Waals surface area contributed by atoms with Crippen molar-refractivity contribution in [3.05, 3.63) is 108 Å². The van der Waals surface area contributed by atoms with Crippen molar-refractivity contribution in [2.45, 2.75) is 31.7 Å². The van der Waals surface area contributed by atoms with E-state index >= 15 is 0 Å². The maximum absolute atomic E-state index is 14.3. The lowest BCUT2D eigenvalue weighted by Gasteiger charge is -2.38. The van der Waals surface area contributed by atoms with Gasteiger partial charge in [-0.05, 0) is 80.1 Å². The van der Waals surface area contributed by atoms with Crippen LogP contribution in [0, 0.1) is 5.82 Å². The van der Waals surface area contributed by atoms with Crippen molar-refractivity contribution in [2.75, 3.05) is 41.3 Å². The van der Waals surface area contributed by atoms with Crippen molar-refractivity contribution >= 4 is 33.1 Å². The number of piperidine rings is 1. The van der Waals surface area contributed by atoms with E-state index in [4.69, 9.17) is 4.74 Å². The average Bonchev–Trinajstić information content (AvgIpc) is 3.04. The molecule has 5 rings (SSSR count). The highest BCUT2D eigenvalue weighted by Gasteiger charge is 2.29. The topological polar surface area (TPSA) is 136 Å². The van der Waals surface area contributed by atoms with Crippen LogP contribution in [0.2, 0.25) is 0 Å². The molecule has 1 atom stereocenters. The Kier molecular flexibility index (Phi) is 10.5. The number of para-hydroxylation sites is 1. The van der Waals surface area contributed by atoms with Gasteiger partial charge in [0.15, 0.2) is 0 Å². The molecule has 1 saturated heterocycles. The van der Waals surface area contributed by atoms with Gasteiger partial charge in [0.25, 0.3) is 0 Å². The van der Waals surface area contributed by atoms with Crippen LogP contribution >= 0.6 is 0 Å². The van der Waals surface area contributed by atoms with Crippen LogP contribution in [-0.2, 0) is 16.6 Å². The van der Waals surface area contributed by atoms with Crippen LogP contribution < -0.4 is 25.0 Å². The van der Waals surface area contributed by atoms with E-state index in [0.29, 0.717) is 29.5 Å². The van der Waals surface area contributed by atoms with E-state index in [2.05, 4.69) is 25.2 Å². The SMILES string of the molecule is CNC(O)c1cc(NC(=O)N(c2ccccc2)C2CCN(Cc3ccc(Oc4ccc(NS(C)(=O)=O)cc4)nc3)CC2)ccc1F. The van der Waals surface area contributed by atoms with E-state index in [1.54, 1.807) is 41.4 Å². The van der Waals surface area contributed by atoms with Crippen LogP contribution in [0.1, 0.15) is 30.2 Å². The van der Waals surface area contributed by atoms with Gasteiger partial charge in [0.05, 0.1) is 6.26 Å².